The summed E-state index contributed by atoms with van der Waals surface area (Å²) < 4.78 is 69.5. The number of hydrogen-bond donors (Lipinski definition) is 4. The zero-order chi connectivity index (χ0) is 25.7. The summed E-state index contributed by atoms with van der Waals surface area (Å²) in [5.41, 5.74) is 10.3. The highest BCUT2D eigenvalue weighted by Gasteiger charge is 2.19. The molecule has 0 spiro atoms. The van der Waals surface area contributed by atoms with Crippen molar-refractivity contribution in [3.8, 4) is 11.5 Å². The maximum Gasteiger partial charge on any atom is 0.325 e. The van der Waals surface area contributed by atoms with Crippen LogP contribution in [0.4, 0.5) is 8.78 Å². The Morgan fingerprint density at radius 3 is 2.21 bits per heavy atom. The predicted octanol–water partition coefficient (Wildman–Crippen LogP) is 2.30. The second kappa shape index (κ2) is 10.9. The van der Waals surface area contributed by atoms with Crippen LogP contribution in [0.1, 0.15) is 18.9 Å². The number of guanidine groups is 1. The minimum Gasteiger partial charge on any atom is -0.451 e. The first-order valence-electron chi connectivity index (χ1n) is 9.54. The third-order valence-electron chi connectivity index (χ3n) is 4.24. The Balaban J connectivity index is 2.17. The smallest absolute Gasteiger partial charge is 0.325 e. The molecule has 0 aliphatic rings. The molecule has 0 saturated heterocycles. The highest BCUT2D eigenvalue weighted by molar-refractivity contribution is 7.91. The Kier molecular flexibility index (Phi) is 8.67. The van der Waals surface area contributed by atoms with E-state index in [1.165, 1.54) is 25.1 Å². The fraction of sp³-hybridized carbons (Fsp3) is 0.200. The van der Waals surface area contributed by atoms with Gasteiger partial charge in [-0.2, -0.15) is 4.99 Å². The highest BCUT2D eigenvalue weighted by Crippen LogP contribution is 2.35. The van der Waals surface area contributed by atoms with Crippen molar-refractivity contribution >= 4 is 35.4 Å². The lowest BCUT2D eigenvalue weighted by molar-refractivity contribution is -0.114. The maximum absolute atomic E-state index is 14.5. The fourth-order valence-electron chi connectivity index (χ4n) is 2.69. The van der Waals surface area contributed by atoms with E-state index in [0.717, 1.165) is 24.3 Å². The lowest BCUT2D eigenvalue weighted by atomic mass is 10.1. The predicted molar refractivity (Wildman–Crippen MR) is 121 cm³/mol. The summed E-state index contributed by atoms with van der Waals surface area (Å²) >= 11 is 0. The third kappa shape index (κ3) is 8.03. The van der Waals surface area contributed by atoms with Crippen LogP contribution in [0.2, 0.25) is 0 Å². The Labute approximate surface area is 194 Å². The number of carbonyl (C=O) groups is 1. The van der Waals surface area contributed by atoms with Crippen molar-refractivity contribution in [1.29, 1.82) is 0 Å². The van der Waals surface area contributed by atoms with E-state index >= 15 is 0 Å². The number of amides is 1. The molecule has 0 aromatic heterocycles. The van der Waals surface area contributed by atoms with E-state index in [4.69, 9.17) is 26.0 Å². The van der Waals surface area contributed by atoms with Gasteiger partial charge in [-0.15, -0.1) is 0 Å². The fourth-order valence-corrected chi connectivity index (χ4v) is 4.78. The van der Waals surface area contributed by atoms with Crippen LogP contribution in [0.5, 0.6) is 11.5 Å². The SMILES string of the molecule is C/C(=C\c1cc(F)c(Oc2ccc(S(=O)(=O)CCCP(=O)(O)O)cc2)c(F)c1)C(=O)N=C(N)N. The van der Waals surface area contributed by atoms with Gasteiger partial charge >= 0.3 is 7.60 Å². The summed E-state index contributed by atoms with van der Waals surface area (Å²) in [5, 5.41) is 0. The van der Waals surface area contributed by atoms with Crippen molar-refractivity contribution in [3.05, 3.63) is 59.2 Å². The van der Waals surface area contributed by atoms with Crippen molar-refractivity contribution in [2.24, 2.45) is 16.5 Å². The van der Waals surface area contributed by atoms with Crippen LogP contribution in [0.25, 0.3) is 6.08 Å². The van der Waals surface area contributed by atoms with E-state index in [1.807, 2.05) is 0 Å². The van der Waals surface area contributed by atoms with Crippen molar-refractivity contribution in [2.75, 3.05) is 11.9 Å². The van der Waals surface area contributed by atoms with Crippen LogP contribution in [0.3, 0.4) is 0 Å². The van der Waals surface area contributed by atoms with Crippen LogP contribution >= 0.6 is 7.60 Å². The zero-order valence-corrected chi connectivity index (χ0v) is 19.5. The number of aliphatic imine (C=N–C) groups is 1. The van der Waals surface area contributed by atoms with Gasteiger partial charge in [-0.05, 0) is 61.4 Å². The maximum atomic E-state index is 14.5. The standard InChI is InChI=1S/C20H22F2N3O7PS/c1-12(19(26)25-20(23)24)9-13-10-16(21)18(17(22)11-13)32-14-3-5-15(6-4-14)34(30,31)8-2-7-33(27,28)29/h3-6,9-11H,2,7-8H2,1H3,(H2,27,28,29)(H4,23,24,25,26)/b12-9+. The molecule has 14 heteroatoms. The second-order valence-corrected chi connectivity index (χ2v) is 11.0. The van der Waals surface area contributed by atoms with Crippen molar-refractivity contribution in [2.45, 2.75) is 18.2 Å². The van der Waals surface area contributed by atoms with Crippen molar-refractivity contribution < 1.29 is 41.1 Å². The summed E-state index contributed by atoms with van der Waals surface area (Å²) in [6.07, 6.45) is 0.370. The van der Waals surface area contributed by atoms with E-state index < -0.39 is 58.6 Å². The van der Waals surface area contributed by atoms with Crippen molar-refractivity contribution in [1.82, 2.24) is 0 Å². The molecule has 2 aromatic rings. The Bertz CT molecular complexity index is 1260. The van der Waals surface area contributed by atoms with Gasteiger partial charge in [-0.3, -0.25) is 9.36 Å². The number of halogens is 2. The minimum atomic E-state index is -4.31. The van der Waals surface area contributed by atoms with E-state index in [9.17, 15) is 26.6 Å². The number of hydrogen-bond acceptors (Lipinski definition) is 5. The molecule has 2 aromatic carbocycles. The summed E-state index contributed by atoms with van der Waals surface area (Å²) in [7, 11) is -8.14. The first-order chi connectivity index (χ1) is 15.7. The lowest BCUT2D eigenvalue weighted by Gasteiger charge is -2.10. The molecular weight excluding hydrogens is 495 g/mol. The molecule has 0 heterocycles. The quantitative estimate of drug-likeness (QED) is 0.168. The average molecular weight is 517 g/mol. The first kappa shape index (κ1) is 27.1. The number of rotatable bonds is 9. The molecule has 34 heavy (non-hydrogen) atoms. The zero-order valence-electron chi connectivity index (χ0n) is 17.8. The van der Waals surface area contributed by atoms with Crippen LogP contribution in [0, 0.1) is 11.6 Å². The lowest BCUT2D eigenvalue weighted by Crippen LogP contribution is -2.24. The molecule has 10 nitrogen and oxygen atoms in total. The number of carbonyl (C=O) groups excluding carboxylic acids is 1. The van der Waals surface area contributed by atoms with Gasteiger partial charge in [0.1, 0.15) is 5.75 Å². The second-order valence-electron chi connectivity index (χ2n) is 7.12. The summed E-state index contributed by atoms with van der Waals surface area (Å²) in [6, 6.07) is 6.50. The molecule has 0 unspecified atom stereocenters. The summed E-state index contributed by atoms with van der Waals surface area (Å²) in [4.78, 5) is 32.6. The number of nitrogens with two attached hydrogens (primary N) is 2. The third-order valence-corrected chi connectivity index (χ3v) is 6.95. The molecule has 1 amide bonds. The van der Waals surface area contributed by atoms with E-state index in [-0.39, 0.29) is 28.2 Å². The van der Waals surface area contributed by atoms with E-state index in [2.05, 4.69) is 4.99 Å². The largest absolute Gasteiger partial charge is 0.451 e. The monoisotopic (exact) mass is 517 g/mol. The van der Waals surface area contributed by atoms with Crippen LogP contribution in [0.15, 0.2) is 51.9 Å². The topological polar surface area (TPSA) is 182 Å². The van der Waals surface area contributed by atoms with Crippen LogP contribution in [-0.2, 0) is 19.2 Å². The van der Waals surface area contributed by atoms with Gasteiger partial charge in [0.25, 0.3) is 5.91 Å². The molecule has 184 valence electrons. The number of sulfone groups is 1. The Hall–Kier alpha value is -3.12. The molecule has 0 saturated carbocycles. The van der Waals surface area contributed by atoms with Gasteiger partial charge in [0, 0.05) is 5.57 Å². The van der Waals surface area contributed by atoms with Gasteiger partial charge in [0.15, 0.2) is 33.2 Å². The van der Waals surface area contributed by atoms with E-state index in [1.54, 1.807) is 0 Å². The van der Waals surface area contributed by atoms with Gasteiger partial charge in [0.05, 0.1) is 16.8 Å². The molecule has 2 rings (SSSR count). The highest BCUT2D eigenvalue weighted by atomic mass is 32.2. The average Bonchev–Trinajstić information content (AvgIpc) is 2.69. The van der Waals surface area contributed by atoms with Crippen LogP contribution < -0.4 is 16.2 Å². The number of nitrogens with zero attached hydrogens (tertiary/aromatic N) is 1. The van der Waals surface area contributed by atoms with Gasteiger partial charge < -0.3 is 26.0 Å². The number of ether oxygens (including phenoxy) is 1. The molecule has 0 radical (unpaired) electrons. The molecule has 6 N–H and O–H groups in total. The van der Waals surface area contributed by atoms with Crippen LogP contribution in [-0.4, -0.2) is 42.0 Å². The Morgan fingerprint density at radius 2 is 1.71 bits per heavy atom. The Morgan fingerprint density at radius 1 is 1.15 bits per heavy atom. The molecule has 0 bridgehead atoms. The molecule has 0 aliphatic carbocycles. The molecule has 0 aliphatic heterocycles. The molecule has 0 fully saturated rings. The molecular formula is C20H22F2N3O7PS. The van der Waals surface area contributed by atoms with Gasteiger partial charge in [-0.1, -0.05) is 0 Å². The summed E-state index contributed by atoms with van der Waals surface area (Å²) in [6.45, 7) is 1.36. The van der Waals surface area contributed by atoms with Gasteiger partial charge in [0.2, 0.25) is 0 Å². The normalized spacial score (nSPS) is 12.3. The van der Waals surface area contributed by atoms with E-state index in [0.29, 0.717) is 0 Å². The minimum absolute atomic E-state index is 0.00994. The first-order valence-corrected chi connectivity index (χ1v) is 13.0. The van der Waals surface area contributed by atoms with Crippen molar-refractivity contribution in [3.63, 3.8) is 0 Å². The summed E-state index contributed by atoms with van der Waals surface area (Å²) in [5.74, 6) is -4.69. The van der Waals surface area contributed by atoms with Gasteiger partial charge in [-0.25, -0.2) is 17.2 Å². The molecule has 0 atom stereocenters. The number of benzene rings is 2.